The standard InChI is InChI=1S/C19H25F3N4O2/c20-19(21,22)15-4-5-16(24-13-15)25-11-6-14(7-12-25)18(28)23-8-2-10-26-9-1-3-17(26)27/h4-5,13-14H,1-3,6-12H2,(H,23,28). The van der Waals surface area contributed by atoms with Crippen LogP contribution in [0.3, 0.4) is 0 Å². The van der Waals surface area contributed by atoms with Crippen molar-refractivity contribution in [3.8, 4) is 0 Å². The van der Waals surface area contributed by atoms with Crippen LogP contribution in [-0.4, -0.2) is 54.4 Å². The smallest absolute Gasteiger partial charge is 0.357 e. The summed E-state index contributed by atoms with van der Waals surface area (Å²) in [5.74, 6) is 0.601. The van der Waals surface area contributed by atoms with Gasteiger partial charge in [0.2, 0.25) is 11.8 Å². The molecule has 0 spiro atoms. The summed E-state index contributed by atoms with van der Waals surface area (Å²) in [6.45, 7) is 3.20. The van der Waals surface area contributed by atoms with Gasteiger partial charge in [0.1, 0.15) is 5.82 Å². The third-order valence-electron chi connectivity index (χ3n) is 5.34. The van der Waals surface area contributed by atoms with Crippen LogP contribution < -0.4 is 10.2 Å². The lowest BCUT2D eigenvalue weighted by molar-refractivity contribution is -0.137. The molecule has 1 N–H and O–H groups in total. The van der Waals surface area contributed by atoms with Crippen LogP contribution in [0, 0.1) is 5.92 Å². The highest BCUT2D eigenvalue weighted by atomic mass is 19.4. The lowest BCUT2D eigenvalue weighted by Gasteiger charge is -2.32. The van der Waals surface area contributed by atoms with Gasteiger partial charge in [-0.15, -0.1) is 0 Å². The van der Waals surface area contributed by atoms with Gasteiger partial charge in [-0.25, -0.2) is 4.98 Å². The van der Waals surface area contributed by atoms with Gasteiger partial charge < -0.3 is 15.1 Å². The van der Waals surface area contributed by atoms with E-state index >= 15 is 0 Å². The summed E-state index contributed by atoms with van der Waals surface area (Å²) in [5, 5.41) is 2.93. The lowest BCUT2D eigenvalue weighted by atomic mass is 9.96. The molecule has 1 aromatic rings. The first-order chi connectivity index (χ1) is 13.3. The molecular weight excluding hydrogens is 373 g/mol. The predicted octanol–water partition coefficient (Wildman–Crippen LogP) is 2.45. The zero-order chi connectivity index (χ0) is 20.1. The molecular formula is C19H25F3N4O2. The van der Waals surface area contributed by atoms with E-state index in [1.807, 2.05) is 9.80 Å². The fraction of sp³-hybridized carbons (Fsp3) is 0.632. The van der Waals surface area contributed by atoms with Gasteiger partial charge in [0, 0.05) is 51.3 Å². The van der Waals surface area contributed by atoms with Crippen LogP contribution >= 0.6 is 0 Å². The van der Waals surface area contributed by atoms with Crippen LogP contribution in [0.1, 0.15) is 37.7 Å². The molecule has 2 saturated heterocycles. The summed E-state index contributed by atoms with van der Waals surface area (Å²) in [6, 6.07) is 2.41. The minimum atomic E-state index is -4.39. The molecule has 154 valence electrons. The molecule has 1 aromatic heterocycles. The van der Waals surface area contributed by atoms with Gasteiger partial charge in [-0.2, -0.15) is 13.2 Å². The van der Waals surface area contributed by atoms with E-state index in [9.17, 15) is 22.8 Å². The fourth-order valence-corrected chi connectivity index (χ4v) is 3.68. The normalized spacial score (nSPS) is 18.6. The van der Waals surface area contributed by atoms with Gasteiger partial charge in [0.05, 0.1) is 5.56 Å². The Morgan fingerprint density at radius 2 is 1.96 bits per heavy atom. The molecule has 6 nitrogen and oxygen atoms in total. The Bertz CT molecular complexity index is 685. The van der Waals surface area contributed by atoms with Crippen molar-refractivity contribution in [2.75, 3.05) is 37.6 Å². The molecule has 0 aromatic carbocycles. The van der Waals surface area contributed by atoms with Gasteiger partial charge in [0.15, 0.2) is 0 Å². The molecule has 0 bridgehead atoms. The number of likely N-dealkylation sites (tertiary alicyclic amines) is 1. The van der Waals surface area contributed by atoms with E-state index in [1.165, 1.54) is 6.07 Å². The average Bonchev–Trinajstić information content (AvgIpc) is 3.09. The second-order valence-electron chi connectivity index (χ2n) is 7.29. The molecule has 0 aliphatic carbocycles. The number of carbonyl (C=O) groups excluding carboxylic acids is 2. The van der Waals surface area contributed by atoms with E-state index in [-0.39, 0.29) is 17.7 Å². The topological polar surface area (TPSA) is 65.5 Å². The van der Waals surface area contributed by atoms with Crippen molar-refractivity contribution < 1.29 is 22.8 Å². The summed E-state index contributed by atoms with van der Waals surface area (Å²) in [7, 11) is 0. The number of halogens is 3. The maximum atomic E-state index is 12.6. The summed E-state index contributed by atoms with van der Waals surface area (Å²) in [5.41, 5.74) is -0.763. The number of nitrogens with one attached hydrogen (secondary N) is 1. The highest BCUT2D eigenvalue weighted by molar-refractivity contribution is 5.79. The van der Waals surface area contributed by atoms with Gasteiger partial charge in [-0.05, 0) is 37.8 Å². The Kier molecular flexibility index (Phi) is 6.41. The maximum Gasteiger partial charge on any atom is 0.417 e. The third kappa shape index (κ3) is 5.14. The van der Waals surface area contributed by atoms with Crippen molar-refractivity contribution in [1.82, 2.24) is 15.2 Å². The molecule has 0 unspecified atom stereocenters. The highest BCUT2D eigenvalue weighted by Gasteiger charge is 2.31. The molecule has 3 heterocycles. The van der Waals surface area contributed by atoms with E-state index in [0.717, 1.165) is 31.6 Å². The minimum absolute atomic E-state index is 0.00720. The molecule has 9 heteroatoms. The quantitative estimate of drug-likeness (QED) is 0.748. The first-order valence-corrected chi connectivity index (χ1v) is 9.68. The molecule has 2 aliphatic heterocycles. The van der Waals surface area contributed by atoms with Crippen molar-refractivity contribution in [3.05, 3.63) is 23.9 Å². The lowest BCUT2D eigenvalue weighted by Crippen LogP contribution is -2.41. The number of rotatable bonds is 6. The monoisotopic (exact) mass is 398 g/mol. The Balaban J connectivity index is 1.38. The Hall–Kier alpha value is -2.32. The SMILES string of the molecule is O=C(NCCCN1CCCC1=O)C1CCN(c2ccc(C(F)(F)F)cn2)CC1. The largest absolute Gasteiger partial charge is 0.417 e. The van der Waals surface area contributed by atoms with Crippen LogP contribution in [-0.2, 0) is 15.8 Å². The molecule has 3 rings (SSSR count). The number of carbonyl (C=O) groups is 2. The fourth-order valence-electron chi connectivity index (χ4n) is 3.68. The number of alkyl halides is 3. The molecule has 2 aliphatic rings. The van der Waals surface area contributed by atoms with Crippen molar-refractivity contribution in [2.45, 2.75) is 38.3 Å². The maximum absolute atomic E-state index is 12.6. The number of piperidine rings is 1. The number of amides is 2. The van der Waals surface area contributed by atoms with Crippen LogP contribution in [0.5, 0.6) is 0 Å². The number of hydrogen-bond acceptors (Lipinski definition) is 4. The first-order valence-electron chi connectivity index (χ1n) is 9.68. The van der Waals surface area contributed by atoms with E-state index < -0.39 is 11.7 Å². The van der Waals surface area contributed by atoms with Gasteiger partial charge in [-0.1, -0.05) is 0 Å². The molecule has 28 heavy (non-hydrogen) atoms. The van der Waals surface area contributed by atoms with Crippen LogP contribution in [0.2, 0.25) is 0 Å². The van der Waals surface area contributed by atoms with Crippen LogP contribution in [0.25, 0.3) is 0 Å². The predicted molar refractivity (Wildman–Crippen MR) is 97.6 cm³/mol. The van der Waals surface area contributed by atoms with E-state index in [1.54, 1.807) is 0 Å². The molecule has 2 fully saturated rings. The number of nitrogens with zero attached hydrogens (tertiary/aromatic N) is 3. The van der Waals surface area contributed by atoms with Gasteiger partial charge in [0.25, 0.3) is 0 Å². The highest BCUT2D eigenvalue weighted by Crippen LogP contribution is 2.30. The van der Waals surface area contributed by atoms with Crippen molar-refractivity contribution >= 4 is 17.6 Å². The van der Waals surface area contributed by atoms with E-state index in [0.29, 0.717) is 51.3 Å². The first kappa shape index (κ1) is 20.4. The van der Waals surface area contributed by atoms with Gasteiger partial charge >= 0.3 is 6.18 Å². The van der Waals surface area contributed by atoms with Crippen LogP contribution in [0.15, 0.2) is 18.3 Å². The number of anilines is 1. The summed E-state index contributed by atoms with van der Waals surface area (Å²) < 4.78 is 37.9. The Labute approximate surface area is 162 Å². The number of aromatic nitrogens is 1. The minimum Gasteiger partial charge on any atom is -0.357 e. The molecule has 2 amide bonds. The Morgan fingerprint density at radius 3 is 2.54 bits per heavy atom. The average molecular weight is 398 g/mol. The number of pyridine rings is 1. The van der Waals surface area contributed by atoms with Gasteiger partial charge in [-0.3, -0.25) is 9.59 Å². The second kappa shape index (κ2) is 8.79. The van der Waals surface area contributed by atoms with E-state index in [2.05, 4.69) is 10.3 Å². The molecule has 0 radical (unpaired) electrons. The summed E-state index contributed by atoms with van der Waals surface area (Å²) >= 11 is 0. The zero-order valence-electron chi connectivity index (χ0n) is 15.7. The van der Waals surface area contributed by atoms with Crippen LogP contribution in [0.4, 0.5) is 19.0 Å². The van der Waals surface area contributed by atoms with E-state index in [4.69, 9.17) is 0 Å². The van der Waals surface area contributed by atoms with Crippen molar-refractivity contribution in [1.29, 1.82) is 0 Å². The third-order valence-corrected chi connectivity index (χ3v) is 5.34. The van der Waals surface area contributed by atoms with Crippen molar-refractivity contribution in [2.24, 2.45) is 5.92 Å². The zero-order valence-corrected chi connectivity index (χ0v) is 15.7. The second-order valence-corrected chi connectivity index (χ2v) is 7.29. The Morgan fingerprint density at radius 1 is 1.21 bits per heavy atom. The number of hydrogen-bond donors (Lipinski definition) is 1. The van der Waals surface area contributed by atoms with Crippen molar-refractivity contribution in [3.63, 3.8) is 0 Å². The summed E-state index contributed by atoms with van der Waals surface area (Å²) in [4.78, 5) is 31.5. The summed E-state index contributed by atoms with van der Waals surface area (Å²) in [6.07, 6.45) is 0.0122. The molecule has 0 saturated carbocycles. The molecule has 0 atom stereocenters.